The second-order valence-corrected chi connectivity index (χ2v) is 5.40. The summed E-state index contributed by atoms with van der Waals surface area (Å²) in [4.78, 5) is 2.34. The SMILES string of the molecule is CN(Cc1ccc(Br)o1)CC1CCCNC1. The Labute approximate surface area is 105 Å². The number of nitrogens with zero attached hydrogens (tertiary/aromatic N) is 1. The summed E-state index contributed by atoms with van der Waals surface area (Å²) in [7, 11) is 2.16. The number of halogens is 1. The van der Waals surface area contributed by atoms with E-state index in [4.69, 9.17) is 4.42 Å². The van der Waals surface area contributed by atoms with Gasteiger partial charge in [-0.2, -0.15) is 0 Å². The van der Waals surface area contributed by atoms with E-state index in [0.717, 1.165) is 36.0 Å². The van der Waals surface area contributed by atoms with E-state index < -0.39 is 0 Å². The van der Waals surface area contributed by atoms with Crippen LogP contribution in [-0.2, 0) is 6.54 Å². The van der Waals surface area contributed by atoms with Crippen LogP contribution in [-0.4, -0.2) is 31.6 Å². The molecular formula is C12H19BrN2O. The lowest BCUT2D eigenvalue weighted by atomic mass is 9.99. The summed E-state index contributed by atoms with van der Waals surface area (Å²) >= 11 is 3.33. The lowest BCUT2D eigenvalue weighted by Gasteiger charge is -2.27. The molecule has 3 nitrogen and oxygen atoms in total. The van der Waals surface area contributed by atoms with Gasteiger partial charge in [-0.15, -0.1) is 0 Å². The largest absolute Gasteiger partial charge is 0.453 e. The van der Waals surface area contributed by atoms with Crippen LogP contribution in [0.15, 0.2) is 21.2 Å². The van der Waals surface area contributed by atoms with Gasteiger partial charge < -0.3 is 9.73 Å². The number of furan rings is 1. The van der Waals surface area contributed by atoms with Crippen LogP contribution >= 0.6 is 15.9 Å². The predicted molar refractivity (Wildman–Crippen MR) is 68.3 cm³/mol. The molecule has 1 aliphatic rings. The number of hydrogen-bond acceptors (Lipinski definition) is 3. The van der Waals surface area contributed by atoms with E-state index in [9.17, 15) is 0 Å². The van der Waals surface area contributed by atoms with Crippen molar-refractivity contribution in [2.24, 2.45) is 5.92 Å². The molecule has 0 saturated carbocycles. The molecule has 1 fully saturated rings. The van der Waals surface area contributed by atoms with Crippen molar-refractivity contribution in [3.05, 3.63) is 22.6 Å². The third-order valence-corrected chi connectivity index (χ3v) is 3.45. The van der Waals surface area contributed by atoms with Crippen LogP contribution in [0.25, 0.3) is 0 Å². The van der Waals surface area contributed by atoms with E-state index in [0.29, 0.717) is 0 Å². The van der Waals surface area contributed by atoms with Crippen molar-refractivity contribution >= 4 is 15.9 Å². The molecule has 1 aromatic rings. The highest BCUT2D eigenvalue weighted by Crippen LogP contribution is 2.17. The first-order valence-electron chi connectivity index (χ1n) is 5.87. The molecule has 0 bridgehead atoms. The molecule has 0 amide bonds. The van der Waals surface area contributed by atoms with Crippen molar-refractivity contribution < 1.29 is 4.42 Å². The number of hydrogen-bond donors (Lipinski definition) is 1. The Kier molecular flexibility index (Phi) is 4.44. The molecule has 1 saturated heterocycles. The second kappa shape index (κ2) is 5.84. The van der Waals surface area contributed by atoms with Gasteiger partial charge in [0.25, 0.3) is 0 Å². The maximum absolute atomic E-state index is 5.50. The van der Waals surface area contributed by atoms with Crippen LogP contribution in [0, 0.1) is 5.92 Å². The van der Waals surface area contributed by atoms with E-state index in [2.05, 4.69) is 33.2 Å². The van der Waals surface area contributed by atoms with E-state index >= 15 is 0 Å². The smallest absolute Gasteiger partial charge is 0.169 e. The van der Waals surface area contributed by atoms with E-state index in [1.165, 1.54) is 19.4 Å². The summed E-state index contributed by atoms with van der Waals surface area (Å²) in [5.41, 5.74) is 0. The average molecular weight is 287 g/mol. The lowest BCUT2D eigenvalue weighted by Crippen LogP contribution is -2.36. The zero-order valence-electron chi connectivity index (χ0n) is 9.71. The average Bonchev–Trinajstić information content (AvgIpc) is 2.65. The van der Waals surface area contributed by atoms with Crippen LogP contribution in [0.5, 0.6) is 0 Å². The Morgan fingerprint density at radius 3 is 3.06 bits per heavy atom. The molecule has 0 aromatic carbocycles. The third-order valence-electron chi connectivity index (χ3n) is 3.02. The standard InChI is InChI=1S/C12H19BrN2O/c1-15(8-10-3-2-6-14-7-10)9-11-4-5-12(13)16-11/h4-5,10,14H,2-3,6-9H2,1H3. The molecule has 1 aliphatic heterocycles. The highest BCUT2D eigenvalue weighted by Gasteiger charge is 2.15. The lowest BCUT2D eigenvalue weighted by molar-refractivity contribution is 0.223. The summed E-state index contributed by atoms with van der Waals surface area (Å²) in [5.74, 6) is 1.82. The summed E-state index contributed by atoms with van der Waals surface area (Å²) in [5, 5.41) is 3.45. The first kappa shape index (κ1) is 12.1. The normalized spacial score (nSPS) is 21.6. The van der Waals surface area contributed by atoms with E-state index in [1.54, 1.807) is 0 Å². The summed E-state index contributed by atoms with van der Waals surface area (Å²) < 4.78 is 6.32. The van der Waals surface area contributed by atoms with Crippen LogP contribution in [0.2, 0.25) is 0 Å². The Morgan fingerprint density at radius 2 is 2.44 bits per heavy atom. The van der Waals surface area contributed by atoms with E-state index in [-0.39, 0.29) is 0 Å². The fraction of sp³-hybridized carbons (Fsp3) is 0.667. The van der Waals surface area contributed by atoms with Gasteiger partial charge in [0.15, 0.2) is 4.67 Å². The minimum atomic E-state index is 0.789. The Morgan fingerprint density at radius 1 is 1.56 bits per heavy atom. The summed E-state index contributed by atoms with van der Waals surface area (Å²) in [6.45, 7) is 4.38. The minimum Gasteiger partial charge on any atom is -0.453 e. The van der Waals surface area contributed by atoms with E-state index in [1.807, 2.05) is 12.1 Å². The maximum atomic E-state index is 5.50. The molecule has 90 valence electrons. The van der Waals surface area contributed by atoms with Crippen LogP contribution in [0.1, 0.15) is 18.6 Å². The molecule has 4 heteroatoms. The molecule has 16 heavy (non-hydrogen) atoms. The quantitative estimate of drug-likeness (QED) is 0.922. The van der Waals surface area contributed by atoms with Gasteiger partial charge in [0.05, 0.1) is 6.54 Å². The van der Waals surface area contributed by atoms with Crippen molar-refractivity contribution in [1.29, 1.82) is 0 Å². The van der Waals surface area contributed by atoms with Crippen LogP contribution < -0.4 is 5.32 Å². The fourth-order valence-corrected chi connectivity index (χ4v) is 2.63. The van der Waals surface area contributed by atoms with Gasteiger partial charge >= 0.3 is 0 Å². The molecule has 1 atom stereocenters. The topological polar surface area (TPSA) is 28.4 Å². The monoisotopic (exact) mass is 286 g/mol. The Bertz CT molecular complexity index is 321. The Hall–Kier alpha value is -0.320. The molecule has 1 N–H and O–H groups in total. The van der Waals surface area contributed by atoms with Gasteiger partial charge in [0.2, 0.25) is 0 Å². The van der Waals surface area contributed by atoms with Gasteiger partial charge in [-0.25, -0.2) is 0 Å². The van der Waals surface area contributed by atoms with Crippen LogP contribution in [0.3, 0.4) is 0 Å². The molecule has 2 heterocycles. The van der Waals surface area contributed by atoms with Crippen molar-refractivity contribution in [3.63, 3.8) is 0 Å². The number of nitrogens with one attached hydrogen (secondary N) is 1. The first-order chi connectivity index (χ1) is 7.74. The first-order valence-corrected chi connectivity index (χ1v) is 6.67. The summed E-state index contributed by atoms with van der Waals surface area (Å²) in [6, 6.07) is 3.98. The zero-order chi connectivity index (χ0) is 11.4. The minimum absolute atomic E-state index is 0.789. The predicted octanol–water partition coefficient (Wildman–Crippen LogP) is 2.47. The van der Waals surface area contributed by atoms with Crippen LogP contribution in [0.4, 0.5) is 0 Å². The van der Waals surface area contributed by atoms with Gasteiger partial charge in [-0.3, -0.25) is 4.90 Å². The molecule has 2 rings (SSSR count). The summed E-state index contributed by atoms with van der Waals surface area (Å²) in [6.07, 6.45) is 2.66. The fourth-order valence-electron chi connectivity index (χ4n) is 2.29. The van der Waals surface area contributed by atoms with Gasteiger partial charge in [0, 0.05) is 6.54 Å². The van der Waals surface area contributed by atoms with Crippen molar-refractivity contribution in [3.8, 4) is 0 Å². The molecular weight excluding hydrogens is 268 g/mol. The van der Waals surface area contributed by atoms with Crippen molar-refractivity contribution in [1.82, 2.24) is 10.2 Å². The molecule has 1 aromatic heterocycles. The zero-order valence-corrected chi connectivity index (χ0v) is 11.3. The maximum Gasteiger partial charge on any atom is 0.169 e. The Balaban J connectivity index is 1.77. The van der Waals surface area contributed by atoms with Crippen molar-refractivity contribution in [2.45, 2.75) is 19.4 Å². The number of rotatable bonds is 4. The molecule has 0 spiro atoms. The van der Waals surface area contributed by atoms with Gasteiger partial charge in [0.1, 0.15) is 5.76 Å². The van der Waals surface area contributed by atoms with Crippen molar-refractivity contribution in [2.75, 3.05) is 26.7 Å². The molecule has 1 unspecified atom stereocenters. The second-order valence-electron chi connectivity index (χ2n) is 4.61. The molecule has 0 aliphatic carbocycles. The highest BCUT2D eigenvalue weighted by molar-refractivity contribution is 9.10. The highest BCUT2D eigenvalue weighted by atomic mass is 79.9. The third kappa shape index (κ3) is 3.61. The van der Waals surface area contributed by atoms with Gasteiger partial charge in [-0.1, -0.05) is 0 Å². The molecule has 0 radical (unpaired) electrons. The van der Waals surface area contributed by atoms with Gasteiger partial charge in [-0.05, 0) is 67.0 Å². The number of piperidine rings is 1.